The smallest absolute Gasteiger partial charge is 0.251 e. The molecule has 0 bridgehead atoms. The summed E-state index contributed by atoms with van der Waals surface area (Å²) in [6.07, 6.45) is 4.38. The average molecular weight is 401 g/mol. The van der Waals surface area contributed by atoms with E-state index in [1.54, 1.807) is 48.5 Å². The zero-order chi connectivity index (χ0) is 20.1. The van der Waals surface area contributed by atoms with Gasteiger partial charge in [-0.2, -0.15) is 0 Å². The number of aryl methyl sites for hydroxylation is 1. The molecule has 2 aromatic rings. The van der Waals surface area contributed by atoms with E-state index in [0.29, 0.717) is 5.56 Å². The molecular weight excluding hydrogens is 372 g/mol. The molecule has 0 spiro atoms. The molecule has 1 amide bonds. The third-order valence-electron chi connectivity index (χ3n) is 5.36. The van der Waals surface area contributed by atoms with Crippen LogP contribution in [0.25, 0.3) is 0 Å². The van der Waals surface area contributed by atoms with Crippen LogP contribution in [0.4, 0.5) is 0 Å². The van der Waals surface area contributed by atoms with Gasteiger partial charge in [0, 0.05) is 18.2 Å². The zero-order valence-corrected chi connectivity index (χ0v) is 17.3. The molecule has 0 atom stereocenters. The lowest BCUT2D eigenvalue weighted by atomic mass is 9.87. The first kappa shape index (κ1) is 20.6. The Hall–Kier alpha value is -2.18. The molecule has 2 aromatic carbocycles. The molecule has 5 nitrogen and oxygen atoms in total. The Morgan fingerprint density at radius 3 is 2.18 bits per heavy atom. The highest BCUT2D eigenvalue weighted by Gasteiger charge is 2.20. The quantitative estimate of drug-likeness (QED) is 0.775. The third-order valence-corrected chi connectivity index (χ3v) is 6.78. The molecule has 0 aliphatic heterocycles. The molecule has 150 valence electrons. The maximum Gasteiger partial charge on any atom is 0.251 e. The minimum atomic E-state index is -3.55. The van der Waals surface area contributed by atoms with Gasteiger partial charge in [-0.1, -0.05) is 36.8 Å². The van der Waals surface area contributed by atoms with Crippen LogP contribution in [-0.4, -0.2) is 20.4 Å². The standard InChI is InChI=1S/C22H28N2O3S/c1-16-3-11-20(12-4-16)24-22(25)19-9-7-18(8-10-19)15-23-28(26,27)21-13-5-17(2)6-14-21/h5-10,13-14,16,20,23H,3-4,11-12,15H2,1-2H3,(H,24,25). The summed E-state index contributed by atoms with van der Waals surface area (Å²) < 4.78 is 27.3. The predicted octanol–water partition coefficient (Wildman–Crippen LogP) is 3.78. The lowest BCUT2D eigenvalue weighted by Gasteiger charge is -2.26. The van der Waals surface area contributed by atoms with E-state index in [0.717, 1.165) is 42.7 Å². The number of amides is 1. The van der Waals surface area contributed by atoms with E-state index in [-0.39, 0.29) is 23.4 Å². The number of sulfonamides is 1. The second-order valence-electron chi connectivity index (χ2n) is 7.76. The lowest BCUT2D eigenvalue weighted by molar-refractivity contribution is 0.0923. The molecule has 1 aliphatic carbocycles. The van der Waals surface area contributed by atoms with Crippen molar-refractivity contribution in [3.8, 4) is 0 Å². The van der Waals surface area contributed by atoms with Crippen LogP contribution < -0.4 is 10.0 Å². The number of hydrogen-bond donors (Lipinski definition) is 2. The summed E-state index contributed by atoms with van der Waals surface area (Å²) in [4.78, 5) is 12.7. The van der Waals surface area contributed by atoms with Crippen molar-refractivity contribution < 1.29 is 13.2 Å². The fourth-order valence-electron chi connectivity index (χ4n) is 3.43. The van der Waals surface area contributed by atoms with Gasteiger partial charge < -0.3 is 5.32 Å². The number of benzene rings is 2. The topological polar surface area (TPSA) is 75.3 Å². The van der Waals surface area contributed by atoms with E-state index in [4.69, 9.17) is 0 Å². The molecule has 28 heavy (non-hydrogen) atoms. The lowest BCUT2D eigenvalue weighted by Crippen LogP contribution is -2.37. The van der Waals surface area contributed by atoms with Gasteiger partial charge in [0.25, 0.3) is 5.91 Å². The van der Waals surface area contributed by atoms with Gasteiger partial charge >= 0.3 is 0 Å². The largest absolute Gasteiger partial charge is 0.349 e. The van der Waals surface area contributed by atoms with Crippen molar-refractivity contribution in [2.24, 2.45) is 5.92 Å². The van der Waals surface area contributed by atoms with Crippen LogP contribution in [0.3, 0.4) is 0 Å². The van der Waals surface area contributed by atoms with Crippen molar-refractivity contribution >= 4 is 15.9 Å². The molecule has 1 fully saturated rings. The van der Waals surface area contributed by atoms with E-state index in [9.17, 15) is 13.2 Å². The number of hydrogen-bond acceptors (Lipinski definition) is 3. The summed E-state index contributed by atoms with van der Waals surface area (Å²) in [6.45, 7) is 4.35. The molecule has 1 saturated carbocycles. The van der Waals surface area contributed by atoms with Crippen LogP contribution >= 0.6 is 0 Å². The van der Waals surface area contributed by atoms with E-state index in [1.165, 1.54) is 0 Å². The van der Waals surface area contributed by atoms with Gasteiger partial charge in [-0.05, 0) is 68.4 Å². The van der Waals surface area contributed by atoms with Crippen molar-refractivity contribution in [1.82, 2.24) is 10.0 Å². The first-order valence-corrected chi connectivity index (χ1v) is 11.3. The molecular formula is C22H28N2O3S. The average Bonchev–Trinajstić information content (AvgIpc) is 2.69. The van der Waals surface area contributed by atoms with Gasteiger partial charge in [0.15, 0.2) is 0 Å². The summed E-state index contributed by atoms with van der Waals surface area (Å²) >= 11 is 0. The minimum absolute atomic E-state index is 0.0636. The maximum absolute atomic E-state index is 12.4. The van der Waals surface area contributed by atoms with Crippen LogP contribution in [-0.2, 0) is 16.6 Å². The van der Waals surface area contributed by atoms with Gasteiger partial charge in [0.2, 0.25) is 10.0 Å². The Labute approximate surface area is 167 Å². The van der Waals surface area contributed by atoms with Crippen molar-refractivity contribution in [3.05, 3.63) is 65.2 Å². The third kappa shape index (κ3) is 5.42. The normalized spacial score (nSPS) is 19.9. The SMILES string of the molecule is Cc1ccc(S(=O)(=O)NCc2ccc(C(=O)NC3CCC(C)CC3)cc2)cc1. The van der Waals surface area contributed by atoms with Gasteiger partial charge in [0.05, 0.1) is 4.90 Å². The Bertz CT molecular complexity index is 898. The number of rotatable bonds is 6. The summed E-state index contributed by atoms with van der Waals surface area (Å²) in [5.41, 5.74) is 2.41. The van der Waals surface area contributed by atoms with Gasteiger partial charge in [-0.15, -0.1) is 0 Å². The first-order valence-electron chi connectivity index (χ1n) is 9.79. The Kier molecular flexibility index (Phi) is 6.52. The van der Waals surface area contributed by atoms with E-state index >= 15 is 0 Å². The molecule has 0 heterocycles. The highest BCUT2D eigenvalue weighted by atomic mass is 32.2. The number of carbonyl (C=O) groups is 1. The summed E-state index contributed by atoms with van der Waals surface area (Å²) in [5.74, 6) is 0.683. The van der Waals surface area contributed by atoms with Crippen LogP contribution in [0.5, 0.6) is 0 Å². The molecule has 1 aliphatic rings. The second-order valence-corrected chi connectivity index (χ2v) is 9.53. The highest BCUT2D eigenvalue weighted by molar-refractivity contribution is 7.89. The molecule has 0 saturated heterocycles. The molecule has 2 N–H and O–H groups in total. The monoisotopic (exact) mass is 400 g/mol. The van der Waals surface area contributed by atoms with Gasteiger partial charge in [0.1, 0.15) is 0 Å². The molecule has 0 aromatic heterocycles. The van der Waals surface area contributed by atoms with Gasteiger partial charge in [-0.3, -0.25) is 4.79 Å². The fraction of sp³-hybridized carbons (Fsp3) is 0.409. The molecule has 3 rings (SSSR count). The minimum Gasteiger partial charge on any atom is -0.349 e. The Morgan fingerprint density at radius 2 is 1.57 bits per heavy atom. The van der Waals surface area contributed by atoms with E-state index in [2.05, 4.69) is 17.0 Å². The van der Waals surface area contributed by atoms with Crippen molar-refractivity contribution in [3.63, 3.8) is 0 Å². The van der Waals surface area contributed by atoms with E-state index < -0.39 is 10.0 Å². The predicted molar refractivity (Wildman–Crippen MR) is 111 cm³/mol. The van der Waals surface area contributed by atoms with Crippen LogP contribution in [0.15, 0.2) is 53.4 Å². The number of nitrogens with one attached hydrogen (secondary N) is 2. The highest BCUT2D eigenvalue weighted by Crippen LogP contribution is 2.23. The second kappa shape index (κ2) is 8.88. The van der Waals surface area contributed by atoms with Crippen molar-refractivity contribution in [2.75, 3.05) is 0 Å². The van der Waals surface area contributed by atoms with Crippen molar-refractivity contribution in [2.45, 2.75) is 57.0 Å². The number of carbonyl (C=O) groups excluding carboxylic acids is 1. The van der Waals surface area contributed by atoms with Gasteiger partial charge in [-0.25, -0.2) is 13.1 Å². The molecule has 0 unspecified atom stereocenters. The first-order chi connectivity index (χ1) is 13.3. The van der Waals surface area contributed by atoms with Crippen LogP contribution in [0.1, 0.15) is 54.1 Å². The van der Waals surface area contributed by atoms with E-state index in [1.807, 2.05) is 6.92 Å². The molecule has 0 radical (unpaired) electrons. The summed E-state index contributed by atoms with van der Waals surface area (Å²) in [7, 11) is -3.55. The Morgan fingerprint density at radius 1 is 0.964 bits per heavy atom. The summed E-state index contributed by atoms with van der Waals surface area (Å²) in [6, 6.07) is 14.1. The van der Waals surface area contributed by atoms with Crippen LogP contribution in [0.2, 0.25) is 0 Å². The summed E-state index contributed by atoms with van der Waals surface area (Å²) in [5, 5.41) is 3.11. The zero-order valence-electron chi connectivity index (χ0n) is 16.4. The Balaban J connectivity index is 1.55. The van der Waals surface area contributed by atoms with Crippen molar-refractivity contribution in [1.29, 1.82) is 0 Å². The van der Waals surface area contributed by atoms with Crippen LogP contribution in [0, 0.1) is 12.8 Å². The maximum atomic E-state index is 12.4. The fourth-order valence-corrected chi connectivity index (χ4v) is 4.44. The molecule has 6 heteroatoms.